The summed E-state index contributed by atoms with van der Waals surface area (Å²) in [5, 5.41) is 4.98. The van der Waals surface area contributed by atoms with Crippen LogP contribution >= 0.6 is 23.1 Å². The van der Waals surface area contributed by atoms with Crippen molar-refractivity contribution in [3.63, 3.8) is 0 Å². The third kappa shape index (κ3) is 3.49. The van der Waals surface area contributed by atoms with Gasteiger partial charge in [0.15, 0.2) is 5.52 Å². The summed E-state index contributed by atoms with van der Waals surface area (Å²) in [4.78, 5) is 36.9. The summed E-state index contributed by atoms with van der Waals surface area (Å²) in [6, 6.07) is 7.11. The van der Waals surface area contributed by atoms with E-state index >= 15 is 0 Å². The van der Waals surface area contributed by atoms with E-state index in [9.17, 15) is 14.4 Å². The van der Waals surface area contributed by atoms with E-state index in [1.807, 2.05) is 12.1 Å². The molecule has 0 saturated heterocycles. The summed E-state index contributed by atoms with van der Waals surface area (Å²) in [7, 11) is 0. The van der Waals surface area contributed by atoms with E-state index in [1.165, 1.54) is 4.57 Å². The Kier molecular flexibility index (Phi) is 5.00. The van der Waals surface area contributed by atoms with Crippen LogP contribution in [0.2, 0.25) is 5.02 Å². The highest BCUT2D eigenvalue weighted by Gasteiger charge is 2.16. The van der Waals surface area contributed by atoms with Crippen LogP contribution in [0.1, 0.15) is 12.5 Å². The Hall–Kier alpha value is -2.45. The SMILES string of the molecule is CCn1c(=O)c2nscc2n(CC(=O)NCc2ccc(Cl)cc2)c1=O. The van der Waals surface area contributed by atoms with E-state index in [0.29, 0.717) is 17.1 Å². The molecular formula is C16H15ClN4O3S. The van der Waals surface area contributed by atoms with Gasteiger partial charge < -0.3 is 5.32 Å². The van der Waals surface area contributed by atoms with Crippen molar-refractivity contribution in [2.75, 3.05) is 0 Å². The van der Waals surface area contributed by atoms with Crippen LogP contribution in [0, 0.1) is 0 Å². The highest BCUT2D eigenvalue weighted by Crippen LogP contribution is 2.10. The Morgan fingerprint density at radius 3 is 2.64 bits per heavy atom. The Balaban J connectivity index is 1.84. The first kappa shape index (κ1) is 17.4. The summed E-state index contributed by atoms with van der Waals surface area (Å²) in [5.74, 6) is -0.328. The fourth-order valence-corrected chi connectivity index (χ4v) is 3.26. The number of fused-ring (bicyclic) bond motifs is 1. The first-order chi connectivity index (χ1) is 12.0. The van der Waals surface area contributed by atoms with Crippen LogP contribution < -0.4 is 16.6 Å². The molecule has 0 radical (unpaired) electrons. The van der Waals surface area contributed by atoms with E-state index in [-0.39, 0.29) is 24.5 Å². The maximum Gasteiger partial charge on any atom is 0.332 e. The molecule has 0 bridgehead atoms. The second-order valence-corrected chi connectivity index (χ2v) is 6.44. The second kappa shape index (κ2) is 7.20. The van der Waals surface area contributed by atoms with Crippen molar-refractivity contribution < 1.29 is 4.79 Å². The van der Waals surface area contributed by atoms with Crippen molar-refractivity contribution in [3.8, 4) is 0 Å². The lowest BCUT2D eigenvalue weighted by molar-refractivity contribution is -0.121. The minimum Gasteiger partial charge on any atom is -0.350 e. The number of carbonyl (C=O) groups excluding carboxylic acids is 1. The van der Waals surface area contributed by atoms with Crippen molar-refractivity contribution in [1.29, 1.82) is 0 Å². The van der Waals surface area contributed by atoms with Gasteiger partial charge in [-0.3, -0.25) is 18.7 Å². The zero-order chi connectivity index (χ0) is 18.0. The molecule has 3 rings (SSSR count). The topological polar surface area (TPSA) is 86.0 Å². The van der Waals surface area contributed by atoms with Crippen LogP contribution in [0.15, 0.2) is 39.2 Å². The van der Waals surface area contributed by atoms with Crippen LogP contribution in [-0.2, 0) is 24.4 Å². The van der Waals surface area contributed by atoms with Crippen molar-refractivity contribution in [3.05, 3.63) is 61.1 Å². The van der Waals surface area contributed by atoms with Gasteiger partial charge in [0.1, 0.15) is 6.54 Å². The molecule has 0 saturated carbocycles. The quantitative estimate of drug-likeness (QED) is 0.730. The summed E-state index contributed by atoms with van der Waals surface area (Å²) in [6.45, 7) is 2.06. The molecule has 25 heavy (non-hydrogen) atoms. The highest BCUT2D eigenvalue weighted by atomic mass is 35.5. The molecule has 1 N–H and O–H groups in total. The fraction of sp³-hybridized carbons (Fsp3) is 0.250. The second-order valence-electron chi connectivity index (χ2n) is 5.37. The van der Waals surface area contributed by atoms with Gasteiger partial charge in [0.2, 0.25) is 5.91 Å². The van der Waals surface area contributed by atoms with Gasteiger partial charge in [-0.15, -0.1) is 0 Å². The van der Waals surface area contributed by atoms with Gasteiger partial charge in [0.25, 0.3) is 5.56 Å². The maximum absolute atomic E-state index is 12.5. The number of carbonyl (C=O) groups is 1. The van der Waals surface area contributed by atoms with E-state index < -0.39 is 11.2 Å². The van der Waals surface area contributed by atoms with Gasteiger partial charge in [-0.25, -0.2) is 4.79 Å². The molecule has 9 heteroatoms. The molecule has 0 atom stereocenters. The standard InChI is InChI=1S/C16H15ClN4O3S/c1-2-20-15(23)14-12(9-25-19-14)21(16(20)24)8-13(22)18-7-10-3-5-11(17)6-4-10/h3-6,9H,2,7-8H2,1H3,(H,18,22). The molecule has 3 aromatic rings. The molecule has 2 heterocycles. The van der Waals surface area contributed by atoms with Crippen LogP contribution in [-0.4, -0.2) is 19.4 Å². The molecule has 0 fully saturated rings. The van der Waals surface area contributed by atoms with Gasteiger partial charge in [-0.05, 0) is 36.2 Å². The molecule has 1 aromatic carbocycles. The molecule has 0 aliphatic carbocycles. The van der Waals surface area contributed by atoms with Crippen molar-refractivity contribution in [2.45, 2.75) is 26.6 Å². The Bertz CT molecular complexity index is 1040. The summed E-state index contributed by atoms with van der Waals surface area (Å²) in [6.07, 6.45) is 0. The third-order valence-corrected chi connectivity index (χ3v) is 4.64. The van der Waals surface area contributed by atoms with Crippen LogP contribution in [0.5, 0.6) is 0 Å². The molecule has 7 nitrogen and oxygen atoms in total. The molecule has 0 aliphatic rings. The molecule has 0 unspecified atom stereocenters. The molecule has 1 amide bonds. The van der Waals surface area contributed by atoms with Gasteiger partial charge in [-0.1, -0.05) is 23.7 Å². The van der Waals surface area contributed by atoms with E-state index in [2.05, 4.69) is 9.69 Å². The fourth-order valence-electron chi connectivity index (χ4n) is 2.47. The Labute approximate surface area is 151 Å². The lowest BCUT2D eigenvalue weighted by Gasteiger charge is -2.11. The zero-order valence-corrected chi connectivity index (χ0v) is 14.9. The van der Waals surface area contributed by atoms with Gasteiger partial charge >= 0.3 is 5.69 Å². The first-order valence-electron chi connectivity index (χ1n) is 7.60. The first-order valence-corrected chi connectivity index (χ1v) is 8.81. The van der Waals surface area contributed by atoms with Gasteiger partial charge in [-0.2, -0.15) is 4.37 Å². The number of hydrogen-bond acceptors (Lipinski definition) is 5. The number of rotatable bonds is 5. The Morgan fingerprint density at radius 2 is 1.96 bits per heavy atom. The molecular weight excluding hydrogens is 364 g/mol. The highest BCUT2D eigenvalue weighted by molar-refractivity contribution is 7.04. The average Bonchev–Trinajstić information content (AvgIpc) is 3.08. The number of hydrogen-bond donors (Lipinski definition) is 1. The summed E-state index contributed by atoms with van der Waals surface area (Å²) >= 11 is 6.91. The van der Waals surface area contributed by atoms with Crippen molar-refractivity contribution in [1.82, 2.24) is 18.8 Å². The van der Waals surface area contributed by atoms with Crippen molar-refractivity contribution >= 4 is 40.1 Å². The lowest BCUT2D eigenvalue weighted by Crippen LogP contribution is -2.42. The van der Waals surface area contributed by atoms with E-state index in [0.717, 1.165) is 21.7 Å². The smallest absolute Gasteiger partial charge is 0.332 e. The van der Waals surface area contributed by atoms with Crippen LogP contribution in [0.25, 0.3) is 11.0 Å². The van der Waals surface area contributed by atoms with E-state index in [1.54, 1.807) is 24.4 Å². The average molecular weight is 379 g/mol. The number of nitrogens with one attached hydrogen (secondary N) is 1. The number of aromatic nitrogens is 3. The molecule has 130 valence electrons. The number of nitrogens with zero attached hydrogens (tertiary/aromatic N) is 3. The summed E-state index contributed by atoms with van der Waals surface area (Å²) < 4.78 is 6.40. The van der Waals surface area contributed by atoms with Gasteiger partial charge in [0.05, 0.1) is 5.52 Å². The van der Waals surface area contributed by atoms with Gasteiger partial charge in [0, 0.05) is 23.5 Å². The predicted octanol–water partition coefficient (Wildman–Crippen LogP) is 1.61. The minimum atomic E-state index is -0.512. The zero-order valence-electron chi connectivity index (χ0n) is 13.4. The largest absolute Gasteiger partial charge is 0.350 e. The molecule has 0 aliphatic heterocycles. The molecule has 2 aromatic heterocycles. The monoisotopic (exact) mass is 378 g/mol. The summed E-state index contributed by atoms with van der Waals surface area (Å²) in [5.41, 5.74) is 0.540. The maximum atomic E-state index is 12.5. The minimum absolute atomic E-state index is 0.179. The number of benzene rings is 1. The van der Waals surface area contributed by atoms with Crippen LogP contribution in [0.4, 0.5) is 0 Å². The third-order valence-electron chi connectivity index (χ3n) is 3.77. The van der Waals surface area contributed by atoms with Crippen molar-refractivity contribution in [2.24, 2.45) is 0 Å². The van der Waals surface area contributed by atoms with Crippen LogP contribution in [0.3, 0.4) is 0 Å². The molecule has 0 spiro atoms. The van der Waals surface area contributed by atoms with E-state index in [4.69, 9.17) is 11.6 Å². The number of amides is 1. The predicted molar refractivity (Wildman–Crippen MR) is 97.1 cm³/mol. The Morgan fingerprint density at radius 1 is 1.24 bits per heavy atom. The normalized spacial score (nSPS) is 11.0. The lowest BCUT2D eigenvalue weighted by atomic mass is 10.2. The number of halogens is 1.